The first kappa shape index (κ1) is 18.6. The summed E-state index contributed by atoms with van der Waals surface area (Å²) in [5, 5.41) is 2.59. The number of rotatable bonds is 3. The van der Waals surface area contributed by atoms with Crippen molar-refractivity contribution in [2.75, 3.05) is 12.4 Å². The molecule has 0 spiro atoms. The molecule has 8 nitrogen and oxygen atoms in total. The summed E-state index contributed by atoms with van der Waals surface area (Å²) in [6, 6.07) is 5.89. The number of hydrogen-bond donors (Lipinski definition) is 1. The summed E-state index contributed by atoms with van der Waals surface area (Å²) in [6.45, 7) is 6.44. The zero-order valence-corrected chi connectivity index (χ0v) is 17.4. The molecule has 158 valence electrons. The highest BCUT2D eigenvalue weighted by molar-refractivity contribution is 6.02. The van der Waals surface area contributed by atoms with Gasteiger partial charge < -0.3 is 13.9 Å². The van der Waals surface area contributed by atoms with Crippen LogP contribution in [0.2, 0.25) is 0 Å². The molecule has 0 aliphatic heterocycles. The van der Waals surface area contributed by atoms with E-state index in [9.17, 15) is 14.4 Å². The molecule has 0 aliphatic carbocycles. The van der Waals surface area contributed by atoms with E-state index in [-0.39, 0.29) is 40.4 Å². The number of hydrogen-bond acceptors (Lipinski definition) is 7. The minimum absolute atomic E-state index is 0.00217. The SMILES string of the molecule is [2H]CC([2H])(C)c1ccc2oc3nc(NC(=O)OC(C)(C)C)c(C(=O)OC)cc3c(=O)c2c1. The number of methoxy groups -OCH3 is 1. The van der Waals surface area contributed by atoms with Gasteiger partial charge in [0.05, 0.1) is 17.9 Å². The lowest BCUT2D eigenvalue weighted by atomic mass is 10.0. The maximum absolute atomic E-state index is 13.2. The van der Waals surface area contributed by atoms with Crippen LogP contribution in [0.4, 0.5) is 10.6 Å². The molecule has 3 aromatic rings. The normalized spacial score (nSPS) is 14.6. The third kappa shape index (κ3) is 4.27. The Kier molecular flexibility index (Phi) is 4.82. The Hall–Kier alpha value is -3.42. The first-order valence-corrected chi connectivity index (χ1v) is 9.16. The van der Waals surface area contributed by atoms with Gasteiger partial charge in [-0.2, -0.15) is 4.98 Å². The van der Waals surface area contributed by atoms with Gasteiger partial charge in [-0.3, -0.25) is 10.1 Å². The van der Waals surface area contributed by atoms with E-state index in [0.29, 0.717) is 5.56 Å². The highest BCUT2D eigenvalue weighted by Gasteiger charge is 2.23. The van der Waals surface area contributed by atoms with E-state index in [0.717, 1.165) is 7.11 Å². The molecular formula is C22H24N2O6. The predicted octanol–water partition coefficient (Wildman–Crippen LogP) is 4.60. The quantitative estimate of drug-likeness (QED) is 0.493. The van der Waals surface area contributed by atoms with Crippen LogP contribution in [-0.2, 0) is 9.47 Å². The second kappa shape index (κ2) is 7.78. The van der Waals surface area contributed by atoms with Gasteiger partial charge in [-0.05, 0) is 50.4 Å². The summed E-state index contributed by atoms with van der Waals surface area (Å²) in [5.74, 6) is -2.19. The van der Waals surface area contributed by atoms with Crippen LogP contribution in [0.3, 0.4) is 0 Å². The average molecular weight is 414 g/mol. The van der Waals surface area contributed by atoms with Gasteiger partial charge in [0.15, 0.2) is 5.82 Å². The first-order valence-electron chi connectivity index (χ1n) is 10.4. The molecule has 30 heavy (non-hydrogen) atoms. The Labute approximate surface area is 176 Å². The van der Waals surface area contributed by atoms with Crippen molar-refractivity contribution >= 4 is 39.9 Å². The summed E-state index contributed by atoms with van der Waals surface area (Å²) in [5.41, 5.74) is -0.790. The molecule has 0 bridgehead atoms. The topological polar surface area (TPSA) is 108 Å². The predicted molar refractivity (Wildman–Crippen MR) is 113 cm³/mol. The maximum atomic E-state index is 13.2. The Morgan fingerprint density at radius 3 is 2.63 bits per heavy atom. The third-order valence-electron chi connectivity index (χ3n) is 4.18. The summed E-state index contributed by atoms with van der Waals surface area (Å²) >= 11 is 0. The van der Waals surface area contributed by atoms with Gasteiger partial charge in [-0.15, -0.1) is 0 Å². The van der Waals surface area contributed by atoms with E-state index in [1.54, 1.807) is 33.8 Å². The fourth-order valence-corrected chi connectivity index (χ4v) is 2.81. The van der Waals surface area contributed by atoms with Crippen molar-refractivity contribution in [1.29, 1.82) is 0 Å². The van der Waals surface area contributed by atoms with Crippen LogP contribution in [-0.4, -0.2) is 29.8 Å². The minimum Gasteiger partial charge on any atom is -0.465 e. The van der Waals surface area contributed by atoms with Crippen LogP contribution < -0.4 is 10.7 Å². The average Bonchev–Trinajstić information content (AvgIpc) is 2.71. The van der Waals surface area contributed by atoms with Crippen LogP contribution in [0, 0.1) is 0 Å². The molecule has 2 aromatic heterocycles. The van der Waals surface area contributed by atoms with Gasteiger partial charge in [0.25, 0.3) is 0 Å². The molecule has 1 aromatic carbocycles. The van der Waals surface area contributed by atoms with E-state index in [2.05, 4.69) is 10.3 Å². The zero-order chi connectivity index (χ0) is 23.8. The minimum atomic E-state index is -1.20. The van der Waals surface area contributed by atoms with Crippen molar-refractivity contribution in [3.05, 3.63) is 45.6 Å². The number of aromatic nitrogens is 1. The molecule has 0 aliphatic rings. The fourth-order valence-electron chi connectivity index (χ4n) is 2.81. The third-order valence-corrected chi connectivity index (χ3v) is 4.18. The smallest absolute Gasteiger partial charge is 0.413 e. The van der Waals surface area contributed by atoms with Gasteiger partial charge in [-0.25, -0.2) is 9.59 Å². The summed E-state index contributed by atoms with van der Waals surface area (Å²) < 4.78 is 31.5. The van der Waals surface area contributed by atoms with Crippen LogP contribution in [0.25, 0.3) is 22.1 Å². The lowest BCUT2D eigenvalue weighted by Crippen LogP contribution is -2.28. The molecular weight excluding hydrogens is 388 g/mol. The van der Waals surface area contributed by atoms with Crippen molar-refractivity contribution < 1.29 is 26.2 Å². The second-order valence-electron chi connectivity index (χ2n) is 7.78. The zero-order valence-electron chi connectivity index (χ0n) is 19.4. The van der Waals surface area contributed by atoms with Crippen molar-refractivity contribution in [2.45, 2.75) is 46.1 Å². The van der Waals surface area contributed by atoms with Crippen LogP contribution in [0.5, 0.6) is 0 Å². The van der Waals surface area contributed by atoms with E-state index >= 15 is 0 Å². The maximum Gasteiger partial charge on any atom is 0.413 e. The van der Waals surface area contributed by atoms with Crippen molar-refractivity contribution in [3.63, 3.8) is 0 Å². The molecule has 1 N–H and O–H groups in total. The number of pyridine rings is 1. The molecule has 2 heterocycles. The largest absolute Gasteiger partial charge is 0.465 e. The van der Waals surface area contributed by atoms with E-state index in [1.165, 1.54) is 18.2 Å². The number of anilines is 1. The van der Waals surface area contributed by atoms with Gasteiger partial charge in [0, 0.05) is 2.74 Å². The van der Waals surface area contributed by atoms with Crippen molar-refractivity contribution in [2.24, 2.45) is 0 Å². The van der Waals surface area contributed by atoms with Gasteiger partial charge >= 0.3 is 12.1 Å². The lowest BCUT2D eigenvalue weighted by Gasteiger charge is -2.20. The number of benzene rings is 1. The fraction of sp³-hybridized carbons (Fsp3) is 0.364. The molecule has 0 fully saturated rings. The molecule has 0 radical (unpaired) electrons. The van der Waals surface area contributed by atoms with E-state index in [1.807, 2.05) is 0 Å². The van der Waals surface area contributed by atoms with Crippen molar-refractivity contribution in [3.8, 4) is 0 Å². The highest BCUT2D eigenvalue weighted by atomic mass is 16.6. The molecule has 8 heteroatoms. The number of carbonyl (C=O) groups excluding carboxylic acids is 2. The number of nitrogens with one attached hydrogen (secondary N) is 1. The molecule has 0 saturated heterocycles. The Morgan fingerprint density at radius 1 is 1.27 bits per heavy atom. The number of esters is 1. The molecule has 1 atom stereocenters. The van der Waals surface area contributed by atoms with Gasteiger partial charge in [0.1, 0.15) is 16.7 Å². The van der Waals surface area contributed by atoms with Crippen LogP contribution >= 0.6 is 0 Å². The van der Waals surface area contributed by atoms with Gasteiger partial charge in [0.2, 0.25) is 11.1 Å². The Morgan fingerprint density at radius 2 is 2.00 bits per heavy atom. The van der Waals surface area contributed by atoms with E-state index < -0.39 is 29.0 Å². The number of nitrogens with zero attached hydrogens (tertiary/aromatic N) is 1. The Balaban J connectivity index is 2.21. The van der Waals surface area contributed by atoms with Crippen molar-refractivity contribution in [1.82, 2.24) is 4.98 Å². The Bertz CT molecular complexity index is 1280. The summed E-state index contributed by atoms with van der Waals surface area (Å²) in [7, 11) is 1.16. The number of carbonyl (C=O) groups is 2. The monoisotopic (exact) mass is 414 g/mol. The van der Waals surface area contributed by atoms with E-state index in [4.69, 9.17) is 16.6 Å². The molecule has 0 saturated carbocycles. The second-order valence-corrected chi connectivity index (χ2v) is 7.78. The molecule has 3 rings (SSSR count). The lowest BCUT2D eigenvalue weighted by molar-refractivity contribution is 0.0601. The number of amides is 1. The van der Waals surface area contributed by atoms with Gasteiger partial charge in [-0.1, -0.05) is 19.9 Å². The summed E-state index contributed by atoms with van der Waals surface area (Å²) in [4.78, 5) is 41.9. The number of ether oxygens (including phenoxy) is 2. The van der Waals surface area contributed by atoms with Crippen LogP contribution in [0.1, 0.15) is 59.2 Å². The number of fused-ring (bicyclic) bond motifs is 2. The molecule has 1 amide bonds. The highest BCUT2D eigenvalue weighted by Crippen LogP contribution is 2.25. The summed E-state index contributed by atoms with van der Waals surface area (Å²) in [6.07, 6.45) is -0.840. The molecule has 1 unspecified atom stereocenters. The van der Waals surface area contributed by atoms with Crippen LogP contribution in [0.15, 0.2) is 33.5 Å². The first-order chi connectivity index (χ1) is 14.9. The standard InChI is InChI=1S/C22H24N2O6/c1-11(2)12-7-8-16-13(9-12)17(25)14-10-15(20(26)28-6)18(23-19(14)29-16)24-21(27)30-22(3,4)5/h7-11H,1-6H3,(H,23,24,27)/i1D,11D.